The highest BCUT2D eigenvalue weighted by molar-refractivity contribution is 6.13. The Labute approximate surface area is 361 Å². The molecule has 0 fully saturated rings. The summed E-state index contributed by atoms with van der Waals surface area (Å²) in [7, 11) is 0. The Kier molecular flexibility index (Phi) is 6.97. The quantitative estimate of drug-likeness (QED) is 0.177. The fourth-order valence-corrected chi connectivity index (χ4v) is 10.7. The molecule has 5 nitrogen and oxygen atoms in total. The van der Waals surface area contributed by atoms with Gasteiger partial charge in [-0.25, -0.2) is 15.0 Å². The molecule has 2 aliphatic carbocycles. The Bertz CT molecular complexity index is 3810. The molecule has 0 saturated heterocycles. The molecule has 14 rings (SSSR count). The van der Waals surface area contributed by atoms with Crippen LogP contribution in [0.15, 0.2) is 209 Å². The average Bonchev–Trinajstić information content (AvgIpc) is 4.09. The predicted octanol–water partition coefficient (Wildman–Crippen LogP) is 14.7. The zero-order valence-electron chi connectivity index (χ0n) is 33.7. The van der Waals surface area contributed by atoms with Crippen LogP contribution < -0.4 is 0 Å². The second-order valence-electron chi connectivity index (χ2n) is 16.6. The van der Waals surface area contributed by atoms with Gasteiger partial charge in [0.2, 0.25) is 0 Å². The van der Waals surface area contributed by atoms with E-state index >= 15 is 0 Å². The number of rotatable bonds is 4. The van der Waals surface area contributed by atoms with E-state index in [0.29, 0.717) is 17.5 Å². The highest BCUT2D eigenvalue weighted by Crippen LogP contribution is 2.63. The molecule has 3 aromatic heterocycles. The molecule has 0 saturated carbocycles. The molecule has 3 heterocycles. The summed E-state index contributed by atoms with van der Waals surface area (Å²) in [6, 6.07) is 71.0. The fourth-order valence-electron chi connectivity index (χ4n) is 10.7. The minimum atomic E-state index is -0.420. The molecule has 0 N–H and O–H groups in total. The second-order valence-corrected chi connectivity index (χ2v) is 16.6. The number of para-hydroxylation sites is 1. The van der Waals surface area contributed by atoms with Crippen LogP contribution in [0.5, 0.6) is 0 Å². The van der Waals surface area contributed by atoms with Crippen molar-refractivity contribution in [2.75, 3.05) is 0 Å². The molecule has 1 spiro atoms. The van der Waals surface area contributed by atoms with Crippen LogP contribution >= 0.6 is 0 Å². The van der Waals surface area contributed by atoms with E-state index in [4.69, 9.17) is 23.8 Å². The van der Waals surface area contributed by atoms with E-state index < -0.39 is 5.41 Å². The summed E-state index contributed by atoms with van der Waals surface area (Å²) in [5.74, 6) is 1.76. The first kappa shape index (κ1) is 34.3. The van der Waals surface area contributed by atoms with E-state index in [1.807, 2.05) is 72.8 Å². The SMILES string of the molecule is c1ccc(-c2nc(-c3ccc4oc5ccccc5c4c3)nc(-c3cccc4oc5ccc(-c6ccc7c(c6)C6(c8ccccc8-c8ccccc86)c6ccccc6-7)cc5c34)n2)cc1. The summed E-state index contributed by atoms with van der Waals surface area (Å²) in [6.07, 6.45) is 0. The van der Waals surface area contributed by atoms with Crippen LogP contribution in [0, 0.1) is 0 Å². The lowest BCUT2D eigenvalue weighted by Gasteiger charge is -2.30. The molecule has 9 aromatic carbocycles. The molecule has 0 bridgehead atoms. The van der Waals surface area contributed by atoms with Gasteiger partial charge in [-0.05, 0) is 104 Å². The Morgan fingerprint density at radius 3 is 1.52 bits per heavy atom. The van der Waals surface area contributed by atoms with Gasteiger partial charge in [0.1, 0.15) is 22.3 Å². The van der Waals surface area contributed by atoms with Crippen LogP contribution in [0.25, 0.3) is 111 Å². The number of aromatic nitrogens is 3. The Morgan fingerprint density at radius 1 is 0.286 bits per heavy atom. The molecule has 5 heteroatoms. The second kappa shape index (κ2) is 12.8. The van der Waals surface area contributed by atoms with Gasteiger partial charge in [0.25, 0.3) is 0 Å². The van der Waals surface area contributed by atoms with Gasteiger partial charge in [0, 0.05) is 38.2 Å². The van der Waals surface area contributed by atoms with Crippen molar-refractivity contribution < 1.29 is 8.83 Å². The van der Waals surface area contributed by atoms with Crippen molar-refractivity contribution in [3.05, 3.63) is 222 Å². The largest absolute Gasteiger partial charge is 0.456 e. The first-order valence-electron chi connectivity index (χ1n) is 21.3. The lowest BCUT2D eigenvalue weighted by Crippen LogP contribution is -2.25. The molecule has 292 valence electrons. The number of hydrogen-bond acceptors (Lipinski definition) is 5. The third-order valence-electron chi connectivity index (χ3n) is 13.4. The Morgan fingerprint density at radius 2 is 0.778 bits per heavy atom. The van der Waals surface area contributed by atoms with Crippen molar-refractivity contribution in [1.29, 1.82) is 0 Å². The molecule has 0 atom stereocenters. The fraction of sp³-hybridized carbons (Fsp3) is 0.0172. The highest BCUT2D eigenvalue weighted by Gasteiger charge is 2.51. The molecular formula is C58H33N3O2. The first-order valence-corrected chi connectivity index (χ1v) is 21.3. The minimum absolute atomic E-state index is 0.420. The number of fused-ring (bicyclic) bond motifs is 16. The lowest BCUT2D eigenvalue weighted by molar-refractivity contribution is 0.668. The lowest BCUT2D eigenvalue weighted by atomic mass is 9.70. The number of nitrogens with zero attached hydrogens (tertiary/aromatic N) is 3. The monoisotopic (exact) mass is 803 g/mol. The third-order valence-corrected chi connectivity index (χ3v) is 13.4. The van der Waals surface area contributed by atoms with Crippen molar-refractivity contribution >= 4 is 43.9 Å². The van der Waals surface area contributed by atoms with Crippen LogP contribution in [0.3, 0.4) is 0 Å². The first-order chi connectivity index (χ1) is 31.2. The van der Waals surface area contributed by atoms with Gasteiger partial charge < -0.3 is 8.83 Å². The van der Waals surface area contributed by atoms with E-state index in [9.17, 15) is 0 Å². The molecule has 0 amide bonds. The van der Waals surface area contributed by atoms with Crippen molar-refractivity contribution in [1.82, 2.24) is 15.0 Å². The summed E-state index contributed by atoms with van der Waals surface area (Å²) in [4.78, 5) is 15.5. The summed E-state index contributed by atoms with van der Waals surface area (Å²) in [5, 5.41) is 4.04. The van der Waals surface area contributed by atoms with Gasteiger partial charge in [-0.3, -0.25) is 0 Å². The number of hydrogen-bond donors (Lipinski definition) is 0. The van der Waals surface area contributed by atoms with Crippen LogP contribution in [0.1, 0.15) is 22.3 Å². The van der Waals surface area contributed by atoms with Crippen LogP contribution in [-0.2, 0) is 5.41 Å². The molecule has 63 heavy (non-hydrogen) atoms. The van der Waals surface area contributed by atoms with Gasteiger partial charge in [-0.1, -0.05) is 152 Å². The zero-order chi connectivity index (χ0) is 41.2. The van der Waals surface area contributed by atoms with Gasteiger partial charge in [-0.2, -0.15) is 0 Å². The Hall–Kier alpha value is -8.41. The predicted molar refractivity (Wildman–Crippen MR) is 252 cm³/mol. The van der Waals surface area contributed by atoms with Crippen molar-refractivity contribution in [3.63, 3.8) is 0 Å². The molecule has 0 aliphatic heterocycles. The van der Waals surface area contributed by atoms with Crippen molar-refractivity contribution in [3.8, 4) is 67.5 Å². The van der Waals surface area contributed by atoms with E-state index in [0.717, 1.165) is 71.7 Å². The summed E-state index contributed by atoms with van der Waals surface area (Å²) in [5.41, 5.74) is 18.2. The topological polar surface area (TPSA) is 65.0 Å². The van der Waals surface area contributed by atoms with Gasteiger partial charge in [0.05, 0.1) is 5.41 Å². The number of furan rings is 2. The van der Waals surface area contributed by atoms with Crippen LogP contribution in [0.2, 0.25) is 0 Å². The maximum Gasteiger partial charge on any atom is 0.164 e. The maximum atomic E-state index is 6.60. The number of benzene rings is 9. The van der Waals surface area contributed by atoms with Gasteiger partial charge in [-0.15, -0.1) is 0 Å². The van der Waals surface area contributed by atoms with Gasteiger partial charge >= 0.3 is 0 Å². The van der Waals surface area contributed by atoms with Gasteiger partial charge in [0.15, 0.2) is 17.5 Å². The third kappa shape index (κ3) is 4.79. The van der Waals surface area contributed by atoms with E-state index in [-0.39, 0.29) is 0 Å². The smallest absolute Gasteiger partial charge is 0.164 e. The van der Waals surface area contributed by atoms with E-state index in [1.165, 1.54) is 44.5 Å². The summed E-state index contributed by atoms with van der Waals surface area (Å²) < 4.78 is 12.8. The van der Waals surface area contributed by atoms with E-state index in [2.05, 4.69) is 127 Å². The molecule has 12 aromatic rings. The van der Waals surface area contributed by atoms with Crippen LogP contribution in [-0.4, -0.2) is 15.0 Å². The molecule has 2 aliphatic rings. The summed E-state index contributed by atoms with van der Waals surface area (Å²) >= 11 is 0. The molecule has 0 unspecified atom stereocenters. The van der Waals surface area contributed by atoms with Crippen molar-refractivity contribution in [2.45, 2.75) is 5.41 Å². The molecular weight excluding hydrogens is 771 g/mol. The van der Waals surface area contributed by atoms with Crippen LogP contribution in [0.4, 0.5) is 0 Å². The van der Waals surface area contributed by atoms with E-state index in [1.54, 1.807) is 0 Å². The standard InChI is InChI=1S/C58H33N3O2/c1-2-13-34(14-3-1)55-59-56(37-27-30-51-44(32-37)42-18-7-11-23-50(42)62-51)61-57(60-55)43-19-12-24-53-54(43)45-31-35(26-29-52(45)63-53)36-25-28-41-40-17-6-10-22-48(40)58(49(41)33-36)46-20-8-4-15-38(46)39-16-5-9-21-47(39)58/h1-33H. The Balaban J connectivity index is 0.958. The maximum absolute atomic E-state index is 6.60. The summed E-state index contributed by atoms with van der Waals surface area (Å²) in [6.45, 7) is 0. The normalized spacial score (nSPS) is 13.2. The zero-order valence-corrected chi connectivity index (χ0v) is 33.7. The molecule has 0 radical (unpaired) electrons. The minimum Gasteiger partial charge on any atom is -0.456 e. The highest BCUT2D eigenvalue weighted by atomic mass is 16.3. The average molecular weight is 804 g/mol. The van der Waals surface area contributed by atoms with Crippen molar-refractivity contribution in [2.24, 2.45) is 0 Å².